The highest BCUT2D eigenvalue weighted by Gasteiger charge is 2.32. The summed E-state index contributed by atoms with van der Waals surface area (Å²) >= 11 is 0. The van der Waals surface area contributed by atoms with Crippen molar-refractivity contribution in [3.05, 3.63) is 29.8 Å². The predicted molar refractivity (Wildman–Crippen MR) is 74.0 cm³/mol. The van der Waals surface area contributed by atoms with Gasteiger partial charge in [-0.3, -0.25) is 0 Å². The summed E-state index contributed by atoms with van der Waals surface area (Å²) in [5.41, 5.74) is 7.72. The van der Waals surface area contributed by atoms with Gasteiger partial charge in [0.25, 0.3) is 0 Å². The molecule has 20 heavy (non-hydrogen) atoms. The van der Waals surface area contributed by atoms with Crippen molar-refractivity contribution in [2.24, 2.45) is 0 Å². The van der Waals surface area contributed by atoms with E-state index in [4.69, 9.17) is 10.3 Å². The van der Waals surface area contributed by atoms with Crippen LogP contribution >= 0.6 is 0 Å². The van der Waals surface area contributed by atoms with Crippen LogP contribution in [0.15, 0.2) is 24.3 Å². The predicted octanol–water partition coefficient (Wildman–Crippen LogP) is 2.07. The summed E-state index contributed by atoms with van der Waals surface area (Å²) in [6, 6.07) is 0. The molecule has 0 N–H and O–H groups in total. The Balaban J connectivity index is 3.97. The molecule has 0 saturated heterocycles. The number of carbonyl (C=O) groups is 2. The average molecular weight is 280 g/mol. The molecule has 0 aliphatic carbocycles. The number of unbranched alkanes of at least 4 members (excludes halogenated alkanes) is 3. The number of methoxy groups -OCH3 is 1. The lowest BCUT2D eigenvalue weighted by Gasteiger charge is -1.96. The molecule has 0 aromatic carbocycles. The van der Waals surface area contributed by atoms with Gasteiger partial charge in [-0.15, -0.1) is 0 Å². The highest BCUT2D eigenvalue weighted by atomic mass is 16.5. The zero-order valence-corrected chi connectivity index (χ0v) is 11.9. The van der Waals surface area contributed by atoms with Gasteiger partial charge in [0, 0.05) is 0 Å². The van der Waals surface area contributed by atoms with Crippen LogP contribution in [-0.2, 0) is 19.1 Å². The lowest BCUT2D eigenvalue weighted by molar-refractivity contribution is -0.147. The summed E-state index contributed by atoms with van der Waals surface area (Å²) in [4.78, 5) is 24.9. The zero-order valence-electron chi connectivity index (χ0n) is 11.9. The molecule has 0 fully saturated rings. The lowest BCUT2D eigenvalue weighted by Crippen LogP contribution is -2.28. The molecule has 0 heterocycles. The topological polar surface area (TPSA) is 89.0 Å². The average Bonchev–Trinajstić information content (AvgIpc) is 2.46. The third-order valence-electron chi connectivity index (χ3n) is 2.34. The first kappa shape index (κ1) is 17.8. The summed E-state index contributed by atoms with van der Waals surface area (Å²) in [6.07, 6.45) is 11.8. The summed E-state index contributed by atoms with van der Waals surface area (Å²) in [6.45, 7) is 2.13. The first-order chi connectivity index (χ1) is 9.67. The number of nitrogens with zero attached hydrogens (tertiary/aromatic N) is 2. The number of allylic oxidation sites excluding steroid dienone is 3. The third-order valence-corrected chi connectivity index (χ3v) is 2.34. The van der Waals surface area contributed by atoms with Gasteiger partial charge in [0.05, 0.1) is 7.11 Å². The fraction of sp³-hybridized carbons (Fsp3) is 0.500. The maximum absolute atomic E-state index is 11.3. The molecule has 6 heteroatoms. The molecule has 0 rings (SSSR count). The van der Waals surface area contributed by atoms with Crippen LogP contribution in [0.4, 0.5) is 0 Å². The van der Waals surface area contributed by atoms with Gasteiger partial charge in [-0.05, 0) is 18.9 Å². The van der Waals surface area contributed by atoms with E-state index in [-0.39, 0.29) is 6.61 Å². The van der Waals surface area contributed by atoms with E-state index < -0.39 is 17.7 Å². The fourth-order valence-corrected chi connectivity index (χ4v) is 1.27. The van der Waals surface area contributed by atoms with Crippen molar-refractivity contribution in [2.45, 2.75) is 32.6 Å². The van der Waals surface area contributed by atoms with Crippen LogP contribution in [0.3, 0.4) is 0 Å². The molecule has 0 amide bonds. The normalized spacial score (nSPS) is 10.5. The SMILES string of the molecule is CCCCCC=CC=CCOC(=O)C(=[N+]=[N-])C(=O)OC. The Morgan fingerprint density at radius 1 is 1.15 bits per heavy atom. The van der Waals surface area contributed by atoms with Gasteiger partial charge in [0.15, 0.2) is 0 Å². The van der Waals surface area contributed by atoms with Gasteiger partial charge in [0.1, 0.15) is 6.61 Å². The highest BCUT2D eigenvalue weighted by Crippen LogP contribution is 1.99. The standard InChI is InChI=1S/C14H20N2O4/c1-3-4-5-6-7-8-9-10-11-20-14(18)12(16-15)13(17)19-2/h7-10H,3-6,11H2,1-2H3. The number of hydrogen-bond acceptors (Lipinski definition) is 4. The van der Waals surface area contributed by atoms with Gasteiger partial charge >= 0.3 is 17.7 Å². The maximum atomic E-state index is 11.3. The molecule has 0 atom stereocenters. The van der Waals surface area contributed by atoms with Crippen molar-refractivity contribution >= 4 is 17.7 Å². The minimum Gasteiger partial charge on any atom is -0.460 e. The van der Waals surface area contributed by atoms with Crippen LogP contribution in [-0.4, -0.2) is 36.2 Å². The Kier molecular flexibility index (Phi) is 10.6. The van der Waals surface area contributed by atoms with E-state index in [0.29, 0.717) is 0 Å². The Hall–Kier alpha value is -2.20. The van der Waals surface area contributed by atoms with Crippen LogP contribution < -0.4 is 0 Å². The molecule has 0 aromatic heterocycles. The molecule has 0 aliphatic heterocycles. The smallest absolute Gasteiger partial charge is 0.460 e. The minimum absolute atomic E-state index is 0.0197. The van der Waals surface area contributed by atoms with Crippen LogP contribution in [0.2, 0.25) is 0 Å². The highest BCUT2D eigenvalue weighted by molar-refractivity contribution is 6.60. The van der Waals surface area contributed by atoms with E-state index in [2.05, 4.69) is 16.5 Å². The quantitative estimate of drug-likeness (QED) is 0.123. The van der Waals surface area contributed by atoms with E-state index in [1.54, 1.807) is 12.2 Å². The largest absolute Gasteiger partial charge is 0.482 e. The second-order valence-electron chi connectivity index (χ2n) is 3.89. The third kappa shape index (κ3) is 8.00. The number of ether oxygens (including phenoxy) is 2. The van der Waals surface area contributed by atoms with Crippen molar-refractivity contribution in [1.29, 1.82) is 0 Å². The molecular weight excluding hydrogens is 260 g/mol. The van der Waals surface area contributed by atoms with Gasteiger partial charge in [-0.1, -0.05) is 38.0 Å². The van der Waals surface area contributed by atoms with E-state index in [1.807, 2.05) is 12.2 Å². The van der Waals surface area contributed by atoms with E-state index >= 15 is 0 Å². The van der Waals surface area contributed by atoms with Crippen LogP contribution in [0.25, 0.3) is 5.53 Å². The van der Waals surface area contributed by atoms with Crippen LogP contribution in [0.1, 0.15) is 32.6 Å². The Morgan fingerprint density at radius 3 is 2.45 bits per heavy atom. The van der Waals surface area contributed by atoms with E-state index in [0.717, 1.165) is 20.0 Å². The minimum atomic E-state index is -1.04. The number of esters is 2. The van der Waals surface area contributed by atoms with Crippen molar-refractivity contribution < 1.29 is 23.9 Å². The summed E-state index contributed by atoms with van der Waals surface area (Å²) in [5, 5.41) is 0. The molecule has 0 aromatic rings. The number of hydrogen-bond donors (Lipinski definition) is 0. The first-order valence-corrected chi connectivity index (χ1v) is 6.46. The number of rotatable bonds is 9. The Labute approximate surface area is 118 Å². The molecule has 110 valence electrons. The summed E-state index contributed by atoms with van der Waals surface area (Å²) in [5.74, 6) is -2.08. The number of carbonyl (C=O) groups excluding carboxylic acids is 2. The molecule has 0 aliphatic rings. The van der Waals surface area contributed by atoms with Crippen LogP contribution in [0.5, 0.6) is 0 Å². The maximum Gasteiger partial charge on any atom is 0.482 e. The van der Waals surface area contributed by atoms with Gasteiger partial charge < -0.3 is 15.0 Å². The fourth-order valence-electron chi connectivity index (χ4n) is 1.27. The van der Waals surface area contributed by atoms with Crippen molar-refractivity contribution in [2.75, 3.05) is 13.7 Å². The first-order valence-electron chi connectivity index (χ1n) is 6.46. The molecule has 0 unspecified atom stereocenters. The van der Waals surface area contributed by atoms with E-state index in [9.17, 15) is 9.59 Å². The van der Waals surface area contributed by atoms with Crippen molar-refractivity contribution in [3.63, 3.8) is 0 Å². The molecule has 6 nitrogen and oxygen atoms in total. The van der Waals surface area contributed by atoms with Gasteiger partial charge in [-0.25, -0.2) is 9.59 Å². The second-order valence-corrected chi connectivity index (χ2v) is 3.89. The molecule has 0 spiro atoms. The molecule has 0 radical (unpaired) electrons. The van der Waals surface area contributed by atoms with Crippen LogP contribution in [0, 0.1) is 0 Å². The van der Waals surface area contributed by atoms with Gasteiger partial charge in [-0.2, -0.15) is 4.79 Å². The lowest BCUT2D eigenvalue weighted by atomic mass is 10.2. The zero-order chi connectivity index (χ0) is 15.2. The monoisotopic (exact) mass is 280 g/mol. The summed E-state index contributed by atoms with van der Waals surface area (Å²) in [7, 11) is 1.07. The Bertz CT molecular complexity index is 421. The van der Waals surface area contributed by atoms with Crippen molar-refractivity contribution in [1.82, 2.24) is 0 Å². The second kappa shape index (κ2) is 11.9. The van der Waals surface area contributed by atoms with Gasteiger partial charge in [0.2, 0.25) is 0 Å². The van der Waals surface area contributed by atoms with E-state index in [1.165, 1.54) is 12.8 Å². The van der Waals surface area contributed by atoms with Crippen molar-refractivity contribution in [3.8, 4) is 0 Å². The molecular formula is C14H20N2O4. The molecule has 0 bridgehead atoms. The molecule has 0 saturated carbocycles. The Morgan fingerprint density at radius 2 is 1.85 bits per heavy atom. The summed E-state index contributed by atoms with van der Waals surface area (Å²) < 4.78 is 8.97.